The first-order valence-corrected chi connectivity index (χ1v) is 8.00. The van der Waals surface area contributed by atoms with Gasteiger partial charge in [-0.25, -0.2) is 0 Å². The van der Waals surface area contributed by atoms with Crippen molar-refractivity contribution in [2.45, 2.75) is 46.5 Å². The van der Waals surface area contributed by atoms with Gasteiger partial charge in [-0.15, -0.1) is 0 Å². The second-order valence-electron chi connectivity index (χ2n) is 6.71. The molecule has 1 aliphatic rings. The Morgan fingerprint density at radius 1 is 1.23 bits per heavy atom. The topological polar surface area (TPSA) is 49.7 Å². The van der Waals surface area contributed by atoms with E-state index >= 15 is 0 Å². The summed E-state index contributed by atoms with van der Waals surface area (Å²) in [6.45, 7) is 6.99. The molecule has 3 nitrogen and oxygen atoms in total. The van der Waals surface area contributed by atoms with Crippen molar-refractivity contribution < 1.29 is 9.90 Å². The summed E-state index contributed by atoms with van der Waals surface area (Å²) in [7, 11) is 0. The average molecular weight is 299 g/mol. The first kappa shape index (κ1) is 16.5. The molecule has 118 valence electrons. The fourth-order valence-electron chi connectivity index (χ4n) is 2.80. The van der Waals surface area contributed by atoms with Gasteiger partial charge < -0.3 is 5.11 Å². The van der Waals surface area contributed by atoms with Gasteiger partial charge in [0.1, 0.15) is 5.76 Å². The molecule has 0 aromatic heterocycles. The third-order valence-corrected chi connectivity index (χ3v) is 3.95. The molecule has 0 aliphatic heterocycles. The highest BCUT2D eigenvalue weighted by Gasteiger charge is 2.36. The first-order chi connectivity index (χ1) is 10.4. The number of allylic oxidation sites excluding steroid dienone is 1. The van der Waals surface area contributed by atoms with Crippen molar-refractivity contribution >= 4 is 17.3 Å². The van der Waals surface area contributed by atoms with Crippen LogP contribution in [-0.2, 0) is 4.79 Å². The molecule has 0 atom stereocenters. The molecule has 1 saturated carbocycles. The van der Waals surface area contributed by atoms with Crippen LogP contribution in [-0.4, -0.2) is 23.1 Å². The molecule has 0 saturated heterocycles. The number of unbranched alkanes of at least 4 members (excludes halogenated alkanes) is 1. The van der Waals surface area contributed by atoms with E-state index < -0.39 is 0 Å². The third kappa shape index (κ3) is 3.85. The van der Waals surface area contributed by atoms with Crippen molar-refractivity contribution in [3.05, 3.63) is 41.5 Å². The van der Waals surface area contributed by atoms with Gasteiger partial charge in [0.25, 0.3) is 0 Å². The number of carbonyl (C=O) groups excluding carboxylic acids is 1. The SMILES string of the molecule is CCCCN=C1CC(C)(C)CC(=O)C1=C(O)c1ccccc1. The molecule has 0 heterocycles. The van der Waals surface area contributed by atoms with Crippen LogP contribution < -0.4 is 0 Å². The van der Waals surface area contributed by atoms with Crippen molar-refractivity contribution in [1.82, 2.24) is 0 Å². The van der Waals surface area contributed by atoms with Crippen molar-refractivity contribution in [3.8, 4) is 0 Å². The fourth-order valence-corrected chi connectivity index (χ4v) is 2.80. The minimum absolute atomic E-state index is 0.00662. The number of aliphatic hydroxyl groups excluding tert-OH is 1. The molecule has 1 aromatic rings. The number of Topliss-reactive ketones (excluding diaryl/α,β-unsaturated/α-hetero) is 1. The Labute approximate surface area is 132 Å². The van der Waals surface area contributed by atoms with Crippen LogP contribution in [0.4, 0.5) is 0 Å². The number of aliphatic imine (C=N–C) groups is 1. The van der Waals surface area contributed by atoms with Gasteiger partial charge in [0, 0.05) is 24.2 Å². The van der Waals surface area contributed by atoms with Gasteiger partial charge >= 0.3 is 0 Å². The summed E-state index contributed by atoms with van der Waals surface area (Å²) in [5, 5.41) is 10.6. The molecule has 0 bridgehead atoms. The number of nitrogens with zero attached hydrogens (tertiary/aromatic N) is 1. The van der Waals surface area contributed by atoms with Crippen LogP contribution in [0.25, 0.3) is 5.76 Å². The molecular formula is C19H25NO2. The number of aliphatic hydroxyl groups is 1. The highest BCUT2D eigenvalue weighted by Crippen LogP contribution is 2.36. The summed E-state index contributed by atoms with van der Waals surface area (Å²) < 4.78 is 0. The van der Waals surface area contributed by atoms with Crippen molar-refractivity contribution in [1.29, 1.82) is 0 Å². The van der Waals surface area contributed by atoms with Crippen molar-refractivity contribution in [2.24, 2.45) is 10.4 Å². The Kier molecular flexibility index (Phi) is 5.17. The molecule has 1 aliphatic carbocycles. The van der Waals surface area contributed by atoms with Crippen LogP contribution in [0.2, 0.25) is 0 Å². The zero-order valence-electron chi connectivity index (χ0n) is 13.7. The number of ketones is 1. The standard InChI is InChI=1S/C19H25NO2/c1-4-5-11-20-15-12-19(2,3)13-16(21)17(15)18(22)14-9-7-6-8-10-14/h6-10,22H,4-5,11-13H2,1-3H3. The van der Waals surface area contributed by atoms with Gasteiger partial charge in [0.15, 0.2) is 5.78 Å². The predicted octanol–water partition coefficient (Wildman–Crippen LogP) is 4.59. The lowest BCUT2D eigenvalue weighted by Gasteiger charge is -2.31. The molecule has 0 spiro atoms. The van der Waals surface area contributed by atoms with E-state index in [1.165, 1.54) is 0 Å². The summed E-state index contributed by atoms with van der Waals surface area (Å²) in [6, 6.07) is 9.25. The smallest absolute Gasteiger partial charge is 0.168 e. The molecule has 2 rings (SSSR count). The van der Waals surface area contributed by atoms with Gasteiger partial charge in [-0.05, 0) is 18.3 Å². The van der Waals surface area contributed by atoms with E-state index in [9.17, 15) is 9.90 Å². The van der Waals surface area contributed by atoms with Crippen LogP contribution in [0.15, 0.2) is 40.9 Å². The number of benzene rings is 1. The number of carbonyl (C=O) groups is 1. The maximum atomic E-state index is 12.6. The van der Waals surface area contributed by atoms with E-state index in [1.807, 2.05) is 30.3 Å². The summed E-state index contributed by atoms with van der Waals surface area (Å²) in [4.78, 5) is 17.2. The normalized spacial score (nSPS) is 22.0. The molecule has 1 N–H and O–H groups in total. The van der Waals surface area contributed by atoms with Crippen LogP contribution in [0, 0.1) is 5.41 Å². The molecular weight excluding hydrogens is 274 g/mol. The summed E-state index contributed by atoms with van der Waals surface area (Å²) >= 11 is 0. The zero-order valence-corrected chi connectivity index (χ0v) is 13.7. The molecule has 0 radical (unpaired) electrons. The van der Waals surface area contributed by atoms with Crippen molar-refractivity contribution in [2.75, 3.05) is 6.54 Å². The minimum atomic E-state index is -0.0946. The van der Waals surface area contributed by atoms with E-state index in [0.717, 1.165) is 25.0 Å². The Hall–Kier alpha value is -1.90. The Morgan fingerprint density at radius 2 is 1.91 bits per heavy atom. The van der Waals surface area contributed by atoms with Gasteiger partial charge in [0.05, 0.1) is 5.57 Å². The number of rotatable bonds is 4. The molecule has 22 heavy (non-hydrogen) atoms. The Morgan fingerprint density at radius 3 is 2.55 bits per heavy atom. The molecule has 0 unspecified atom stereocenters. The zero-order chi connectivity index (χ0) is 16.2. The summed E-state index contributed by atoms with van der Waals surface area (Å²) in [5.41, 5.74) is 1.76. The molecule has 3 heteroatoms. The monoisotopic (exact) mass is 299 g/mol. The Balaban J connectivity index is 2.44. The van der Waals surface area contributed by atoms with Crippen LogP contribution in [0.3, 0.4) is 0 Å². The third-order valence-electron chi connectivity index (χ3n) is 3.95. The molecule has 1 aromatic carbocycles. The second-order valence-corrected chi connectivity index (χ2v) is 6.71. The first-order valence-electron chi connectivity index (χ1n) is 8.00. The fraction of sp³-hybridized carbons (Fsp3) is 0.474. The summed E-state index contributed by atoms with van der Waals surface area (Å²) in [6.07, 6.45) is 3.25. The lowest BCUT2D eigenvalue weighted by Crippen LogP contribution is -2.32. The van der Waals surface area contributed by atoms with E-state index in [0.29, 0.717) is 24.1 Å². The van der Waals surface area contributed by atoms with Gasteiger partial charge in [-0.1, -0.05) is 57.5 Å². The maximum Gasteiger partial charge on any atom is 0.168 e. The van der Waals surface area contributed by atoms with E-state index in [2.05, 4.69) is 25.8 Å². The average Bonchev–Trinajstić information content (AvgIpc) is 2.46. The van der Waals surface area contributed by atoms with Gasteiger partial charge in [-0.2, -0.15) is 0 Å². The quantitative estimate of drug-likeness (QED) is 0.502. The Bertz CT molecular complexity index is 597. The van der Waals surface area contributed by atoms with Crippen LogP contribution in [0.5, 0.6) is 0 Å². The van der Waals surface area contributed by atoms with Crippen molar-refractivity contribution in [3.63, 3.8) is 0 Å². The van der Waals surface area contributed by atoms with E-state index in [4.69, 9.17) is 0 Å². The lowest BCUT2D eigenvalue weighted by molar-refractivity contribution is -0.117. The van der Waals surface area contributed by atoms with Gasteiger partial charge in [0.2, 0.25) is 0 Å². The van der Waals surface area contributed by atoms with Crippen LogP contribution >= 0.6 is 0 Å². The highest BCUT2D eigenvalue weighted by molar-refractivity contribution is 6.28. The number of hydrogen-bond acceptors (Lipinski definition) is 3. The van der Waals surface area contributed by atoms with E-state index in [-0.39, 0.29) is 17.0 Å². The van der Waals surface area contributed by atoms with E-state index in [1.54, 1.807) is 0 Å². The highest BCUT2D eigenvalue weighted by atomic mass is 16.3. The largest absolute Gasteiger partial charge is 0.506 e. The second kappa shape index (κ2) is 6.91. The molecule has 0 amide bonds. The number of hydrogen-bond donors (Lipinski definition) is 1. The maximum absolute atomic E-state index is 12.6. The lowest BCUT2D eigenvalue weighted by atomic mass is 9.73. The molecule has 1 fully saturated rings. The minimum Gasteiger partial charge on any atom is -0.506 e. The summed E-state index contributed by atoms with van der Waals surface area (Å²) in [5.74, 6) is 0.0594. The van der Waals surface area contributed by atoms with Crippen LogP contribution in [0.1, 0.15) is 52.0 Å². The van der Waals surface area contributed by atoms with Gasteiger partial charge in [-0.3, -0.25) is 9.79 Å². The predicted molar refractivity (Wildman–Crippen MR) is 91.2 cm³/mol.